The number of halogens is 1. The number of nitrogens with zero attached hydrogens (tertiary/aromatic N) is 3. The van der Waals surface area contributed by atoms with E-state index in [0.717, 1.165) is 50.2 Å². The Hall–Kier alpha value is -2.46. The number of carbonyl (C=O) groups is 2. The van der Waals surface area contributed by atoms with E-state index < -0.39 is 24.2 Å². The van der Waals surface area contributed by atoms with E-state index in [0.29, 0.717) is 19.6 Å². The molecular formula is C24H40FN5O4. The molecule has 0 radical (unpaired) electrons. The molecule has 0 saturated heterocycles. The lowest BCUT2D eigenvalue weighted by Gasteiger charge is -2.26. The summed E-state index contributed by atoms with van der Waals surface area (Å²) in [4.78, 5) is 31.8. The van der Waals surface area contributed by atoms with E-state index in [1.165, 1.54) is 17.6 Å². The van der Waals surface area contributed by atoms with Crippen molar-refractivity contribution < 1.29 is 23.8 Å². The van der Waals surface area contributed by atoms with Gasteiger partial charge in [-0.3, -0.25) is 0 Å². The minimum absolute atomic E-state index is 0.0110. The number of ether oxygens (including phenoxy) is 1. The highest BCUT2D eigenvalue weighted by Crippen LogP contribution is 2.20. The Kier molecular flexibility index (Phi) is 12.0. The van der Waals surface area contributed by atoms with E-state index in [1.54, 1.807) is 7.05 Å². The van der Waals surface area contributed by atoms with Gasteiger partial charge in [-0.1, -0.05) is 6.07 Å². The lowest BCUT2D eigenvalue weighted by Crippen LogP contribution is -2.48. The topological polar surface area (TPSA) is 107 Å². The molecule has 3 N–H and O–H groups in total. The number of aliphatic carboxylic acids is 1. The number of anilines is 1. The van der Waals surface area contributed by atoms with Gasteiger partial charge in [0, 0.05) is 46.0 Å². The van der Waals surface area contributed by atoms with Gasteiger partial charge < -0.3 is 30.3 Å². The summed E-state index contributed by atoms with van der Waals surface area (Å²) < 4.78 is 19.2. The number of aromatic nitrogens is 1. The summed E-state index contributed by atoms with van der Waals surface area (Å²) in [5, 5.41) is 15.4. The monoisotopic (exact) mass is 481 g/mol. The second-order valence-corrected chi connectivity index (χ2v) is 8.79. The predicted molar refractivity (Wildman–Crippen MR) is 130 cm³/mol. The summed E-state index contributed by atoms with van der Waals surface area (Å²) in [6.45, 7) is 4.37. The average Bonchev–Trinajstić information content (AvgIpc) is 2.83. The van der Waals surface area contributed by atoms with Crippen LogP contribution in [0, 0.1) is 0 Å². The largest absolute Gasteiger partial charge is 0.480 e. The summed E-state index contributed by atoms with van der Waals surface area (Å²) in [6, 6.07) is 2.76. The number of hydrogen-bond acceptors (Lipinski definition) is 6. The van der Waals surface area contributed by atoms with Gasteiger partial charge in [0.05, 0.1) is 6.61 Å². The molecule has 1 aliphatic rings. The van der Waals surface area contributed by atoms with Crippen molar-refractivity contribution in [2.45, 2.75) is 57.7 Å². The molecule has 0 aromatic carbocycles. The maximum Gasteiger partial charge on any atom is 0.326 e. The normalized spacial score (nSPS) is 14.7. The van der Waals surface area contributed by atoms with Crippen molar-refractivity contribution in [1.29, 1.82) is 0 Å². The molecule has 0 aliphatic carbocycles. The minimum atomic E-state index is -1.16. The number of fused-ring (bicyclic) bond motifs is 1. The third kappa shape index (κ3) is 9.42. The van der Waals surface area contributed by atoms with Crippen LogP contribution in [0.15, 0.2) is 12.1 Å². The van der Waals surface area contributed by atoms with Crippen LogP contribution in [-0.2, 0) is 22.4 Å². The third-order valence-corrected chi connectivity index (χ3v) is 6.06. The molecule has 34 heavy (non-hydrogen) atoms. The van der Waals surface area contributed by atoms with Crippen LogP contribution in [-0.4, -0.2) is 97.6 Å². The molecule has 0 spiro atoms. The predicted octanol–water partition coefficient (Wildman–Crippen LogP) is 2.55. The van der Waals surface area contributed by atoms with Gasteiger partial charge in [0.15, 0.2) is 0 Å². The van der Waals surface area contributed by atoms with Crippen LogP contribution in [0.2, 0.25) is 0 Å². The molecule has 2 heterocycles. The quantitative estimate of drug-likeness (QED) is 0.331. The number of carboxylic acids is 1. The van der Waals surface area contributed by atoms with Crippen molar-refractivity contribution in [2.75, 3.05) is 58.8 Å². The Morgan fingerprint density at radius 2 is 2.12 bits per heavy atom. The zero-order valence-electron chi connectivity index (χ0n) is 20.7. The van der Waals surface area contributed by atoms with Crippen LogP contribution in [0.3, 0.4) is 0 Å². The summed E-state index contributed by atoms with van der Waals surface area (Å²) >= 11 is 0. The highest BCUT2D eigenvalue weighted by atomic mass is 19.1. The van der Waals surface area contributed by atoms with Crippen molar-refractivity contribution >= 4 is 17.8 Å². The van der Waals surface area contributed by atoms with Gasteiger partial charge >= 0.3 is 12.0 Å². The van der Waals surface area contributed by atoms with Gasteiger partial charge in [0.25, 0.3) is 0 Å². The summed E-state index contributed by atoms with van der Waals surface area (Å²) in [5.41, 5.74) is 2.30. The lowest BCUT2D eigenvalue weighted by atomic mass is 10.1. The van der Waals surface area contributed by atoms with E-state index in [4.69, 9.17) is 9.72 Å². The van der Waals surface area contributed by atoms with E-state index in [1.807, 2.05) is 11.8 Å². The number of pyridine rings is 1. The SMILES string of the molecule is CCN(C)C(=O)NC(CCN(CCCCc1ccc2c(n1)NCCC2)CC(F)COC)C(=O)O. The number of urea groups is 1. The maximum absolute atomic E-state index is 14.3. The average molecular weight is 482 g/mol. The Labute approximate surface area is 202 Å². The van der Waals surface area contributed by atoms with Gasteiger partial charge in [-0.15, -0.1) is 0 Å². The zero-order valence-corrected chi connectivity index (χ0v) is 20.7. The second-order valence-electron chi connectivity index (χ2n) is 8.79. The Morgan fingerprint density at radius 1 is 1.32 bits per heavy atom. The highest BCUT2D eigenvalue weighted by Gasteiger charge is 2.23. The van der Waals surface area contributed by atoms with Crippen molar-refractivity contribution in [2.24, 2.45) is 0 Å². The van der Waals surface area contributed by atoms with Gasteiger partial charge in [-0.05, 0) is 63.6 Å². The van der Waals surface area contributed by atoms with Crippen molar-refractivity contribution in [3.8, 4) is 0 Å². The number of nitrogens with one attached hydrogen (secondary N) is 2. The Balaban J connectivity index is 1.87. The van der Waals surface area contributed by atoms with Crippen molar-refractivity contribution in [3.05, 3.63) is 23.4 Å². The van der Waals surface area contributed by atoms with Crippen LogP contribution in [0.4, 0.5) is 15.0 Å². The van der Waals surface area contributed by atoms with Gasteiger partial charge in [-0.25, -0.2) is 19.0 Å². The smallest absolute Gasteiger partial charge is 0.326 e. The van der Waals surface area contributed by atoms with E-state index in [2.05, 4.69) is 22.8 Å². The molecule has 1 aromatic heterocycles. The molecule has 9 nitrogen and oxygen atoms in total. The molecule has 2 rings (SSSR count). The van der Waals surface area contributed by atoms with Gasteiger partial charge in [-0.2, -0.15) is 0 Å². The van der Waals surface area contributed by atoms with Crippen LogP contribution >= 0.6 is 0 Å². The maximum atomic E-state index is 14.3. The molecule has 10 heteroatoms. The fourth-order valence-electron chi connectivity index (χ4n) is 3.93. The molecule has 2 atom stereocenters. The number of carboxylic acid groups (broad SMARTS) is 1. The van der Waals surface area contributed by atoms with E-state index >= 15 is 0 Å². The molecule has 0 saturated carbocycles. The van der Waals surface area contributed by atoms with Crippen LogP contribution < -0.4 is 10.6 Å². The second kappa shape index (κ2) is 14.7. The molecule has 192 valence electrons. The van der Waals surface area contributed by atoms with Crippen molar-refractivity contribution in [1.82, 2.24) is 20.1 Å². The standard InChI is InChI=1S/C24H40FN5O4/c1-4-29(2)24(33)28-21(23(31)32)12-15-30(16-19(25)17-34-3)14-6-5-9-20-11-10-18-8-7-13-26-22(18)27-20/h10-11,19,21H,4-9,12-17H2,1-3H3,(H,26,27)(H,28,33)(H,31,32). The van der Waals surface area contributed by atoms with Crippen LogP contribution in [0.25, 0.3) is 0 Å². The fourth-order valence-corrected chi connectivity index (χ4v) is 3.93. The van der Waals surface area contributed by atoms with E-state index in [-0.39, 0.29) is 19.6 Å². The number of unbranched alkanes of at least 4 members (excludes halogenated alkanes) is 1. The number of alkyl halides is 1. The zero-order chi connectivity index (χ0) is 24.9. The molecular weight excluding hydrogens is 441 g/mol. The third-order valence-electron chi connectivity index (χ3n) is 6.06. The molecule has 2 unspecified atom stereocenters. The van der Waals surface area contributed by atoms with Crippen molar-refractivity contribution in [3.63, 3.8) is 0 Å². The van der Waals surface area contributed by atoms with Crippen LogP contribution in [0.1, 0.15) is 43.9 Å². The fraction of sp³-hybridized carbons (Fsp3) is 0.708. The lowest BCUT2D eigenvalue weighted by molar-refractivity contribution is -0.139. The minimum Gasteiger partial charge on any atom is -0.480 e. The summed E-state index contributed by atoms with van der Waals surface area (Å²) in [7, 11) is 3.06. The summed E-state index contributed by atoms with van der Waals surface area (Å²) in [5.74, 6) is -0.112. The Morgan fingerprint density at radius 3 is 2.82 bits per heavy atom. The number of hydrogen-bond donors (Lipinski definition) is 3. The molecule has 1 aliphatic heterocycles. The first-order valence-corrected chi connectivity index (χ1v) is 12.2. The van der Waals surface area contributed by atoms with Gasteiger partial charge in [0.1, 0.15) is 18.0 Å². The number of rotatable bonds is 15. The highest BCUT2D eigenvalue weighted by molar-refractivity contribution is 5.82. The van der Waals surface area contributed by atoms with E-state index in [9.17, 15) is 19.1 Å². The first-order chi connectivity index (χ1) is 16.3. The Bertz CT molecular complexity index is 782. The summed E-state index contributed by atoms with van der Waals surface area (Å²) in [6.07, 6.45) is 3.77. The molecule has 1 aromatic rings. The first kappa shape index (κ1) is 27.8. The number of aryl methyl sites for hydroxylation is 2. The molecule has 0 fully saturated rings. The number of carbonyl (C=O) groups excluding carboxylic acids is 1. The number of amides is 2. The van der Waals surface area contributed by atoms with Gasteiger partial charge in [0.2, 0.25) is 0 Å². The van der Waals surface area contributed by atoms with Crippen LogP contribution in [0.5, 0.6) is 0 Å². The number of methoxy groups -OCH3 is 1. The first-order valence-electron chi connectivity index (χ1n) is 12.2. The molecule has 2 amide bonds. The molecule has 0 bridgehead atoms.